The van der Waals surface area contributed by atoms with Crippen LogP contribution in [0.5, 0.6) is 11.8 Å². The third-order valence-corrected chi connectivity index (χ3v) is 4.90. The number of para-hydroxylation sites is 1. The molecule has 2 aromatic heterocycles. The summed E-state index contributed by atoms with van der Waals surface area (Å²) in [6.07, 6.45) is 5.30. The van der Waals surface area contributed by atoms with E-state index in [1.54, 1.807) is 23.1 Å². The second-order valence-electron chi connectivity index (χ2n) is 6.75. The highest BCUT2D eigenvalue weighted by molar-refractivity contribution is 5.77. The van der Waals surface area contributed by atoms with Crippen molar-refractivity contribution in [3.63, 3.8) is 0 Å². The zero-order valence-corrected chi connectivity index (χ0v) is 16.0. The molecule has 1 unspecified atom stereocenters. The van der Waals surface area contributed by atoms with Crippen LogP contribution in [0.25, 0.3) is 10.9 Å². The normalized spacial score (nSPS) is 16.2. The molecular weight excluding hydrogens is 374 g/mol. The van der Waals surface area contributed by atoms with Gasteiger partial charge >= 0.3 is 0 Å². The quantitative estimate of drug-likeness (QED) is 0.620. The lowest BCUT2D eigenvalue weighted by Gasteiger charge is -2.17. The summed E-state index contributed by atoms with van der Waals surface area (Å²) < 4.78 is 12.5. The summed E-state index contributed by atoms with van der Waals surface area (Å²) in [5.41, 5.74) is 0.514. The summed E-state index contributed by atoms with van der Waals surface area (Å²) in [5.74, 6) is 0.616. The van der Waals surface area contributed by atoms with Gasteiger partial charge in [0.1, 0.15) is 6.10 Å². The number of likely N-dealkylation sites (tertiary alicyclic amines) is 1. The Balaban J connectivity index is 1.35. The molecule has 29 heavy (non-hydrogen) atoms. The van der Waals surface area contributed by atoms with E-state index in [9.17, 15) is 9.59 Å². The molecule has 1 atom stereocenters. The van der Waals surface area contributed by atoms with Crippen molar-refractivity contribution in [1.29, 1.82) is 0 Å². The first-order chi connectivity index (χ1) is 14.2. The number of benzene rings is 1. The maximum absolute atomic E-state index is 12.6. The van der Waals surface area contributed by atoms with Crippen molar-refractivity contribution in [2.75, 3.05) is 20.2 Å². The maximum atomic E-state index is 12.6. The predicted molar refractivity (Wildman–Crippen MR) is 105 cm³/mol. The number of methoxy groups -OCH3 is 1. The van der Waals surface area contributed by atoms with Gasteiger partial charge in [0.05, 0.1) is 30.9 Å². The lowest BCUT2D eigenvalue weighted by atomic mass is 10.2. The van der Waals surface area contributed by atoms with Gasteiger partial charge in [0.15, 0.2) is 0 Å². The molecule has 0 aliphatic carbocycles. The summed E-state index contributed by atoms with van der Waals surface area (Å²) in [6, 6.07) is 7.18. The molecule has 0 saturated carbocycles. The van der Waals surface area contributed by atoms with Gasteiger partial charge in [0, 0.05) is 38.3 Å². The van der Waals surface area contributed by atoms with E-state index >= 15 is 0 Å². The van der Waals surface area contributed by atoms with E-state index < -0.39 is 0 Å². The van der Waals surface area contributed by atoms with Crippen LogP contribution in [0.4, 0.5) is 0 Å². The van der Waals surface area contributed by atoms with Crippen molar-refractivity contribution in [1.82, 2.24) is 24.4 Å². The van der Waals surface area contributed by atoms with Crippen LogP contribution in [0.15, 0.2) is 47.8 Å². The molecule has 1 saturated heterocycles. The largest absolute Gasteiger partial charge is 0.477 e. The Morgan fingerprint density at radius 1 is 1.17 bits per heavy atom. The van der Waals surface area contributed by atoms with Crippen molar-refractivity contribution < 1.29 is 14.3 Å². The fourth-order valence-electron chi connectivity index (χ4n) is 3.38. The molecule has 1 fully saturated rings. The molecule has 3 heterocycles. The number of aryl methyl sites for hydroxylation is 1. The minimum Gasteiger partial charge on any atom is -0.477 e. The van der Waals surface area contributed by atoms with Crippen LogP contribution in [-0.4, -0.2) is 56.6 Å². The third kappa shape index (κ3) is 4.03. The molecule has 0 radical (unpaired) electrons. The molecule has 1 aromatic carbocycles. The lowest BCUT2D eigenvalue weighted by Crippen LogP contribution is -2.32. The first kappa shape index (κ1) is 18.9. The predicted octanol–water partition coefficient (Wildman–Crippen LogP) is 1.27. The number of rotatable bonds is 6. The Morgan fingerprint density at radius 2 is 1.97 bits per heavy atom. The highest BCUT2D eigenvalue weighted by Crippen LogP contribution is 2.24. The topological polar surface area (TPSA) is 99.4 Å². The molecule has 1 aliphatic rings. The number of carbonyl (C=O) groups excluding carboxylic acids is 1. The fourth-order valence-corrected chi connectivity index (χ4v) is 3.38. The van der Waals surface area contributed by atoms with Crippen LogP contribution in [0, 0.1) is 0 Å². The molecular formula is C20H21N5O4. The van der Waals surface area contributed by atoms with E-state index in [0.29, 0.717) is 42.2 Å². The number of amides is 1. The molecule has 1 amide bonds. The summed E-state index contributed by atoms with van der Waals surface area (Å²) in [6.45, 7) is 1.34. The van der Waals surface area contributed by atoms with Gasteiger partial charge in [-0.25, -0.2) is 15.0 Å². The van der Waals surface area contributed by atoms with Gasteiger partial charge in [-0.05, 0) is 12.1 Å². The highest BCUT2D eigenvalue weighted by atomic mass is 16.5. The van der Waals surface area contributed by atoms with Crippen molar-refractivity contribution in [2.45, 2.75) is 25.5 Å². The Morgan fingerprint density at radius 3 is 2.79 bits per heavy atom. The Bertz CT molecular complexity index is 1080. The molecule has 150 valence electrons. The monoisotopic (exact) mass is 395 g/mol. The van der Waals surface area contributed by atoms with Crippen LogP contribution in [0.1, 0.15) is 12.8 Å². The van der Waals surface area contributed by atoms with E-state index in [1.165, 1.54) is 30.4 Å². The Kier molecular flexibility index (Phi) is 5.37. The third-order valence-electron chi connectivity index (χ3n) is 4.90. The SMILES string of the molecule is COc1nccnc1OC1CCN(C(=O)CCn2cnc3ccccc3c2=O)C1. The fraction of sp³-hybridized carbons (Fsp3) is 0.350. The van der Waals surface area contributed by atoms with Crippen molar-refractivity contribution in [2.24, 2.45) is 0 Å². The minimum absolute atomic E-state index is 0.0257. The van der Waals surface area contributed by atoms with Gasteiger partial charge in [0.2, 0.25) is 5.91 Å². The van der Waals surface area contributed by atoms with Crippen LogP contribution in [-0.2, 0) is 11.3 Å². The van der Waals surface area contributed by atoms with Gasteiger partial charge < -0.3 is 14.4 Å². The first-order valence-electron chi connectivity index (χ1n) is 9.39. The van der Waals surface area contributed by atoms with E-state index in [2.05, 4.69) is 15.0 Å². The molecule has 0 bridgehead atoms. The molecule has 4 rings (SSSR count). The summed E-state index contributed by atoms with van der Waals surface area (Å²) in [7, 11) is 1.50. The molecule has 9 nitrogen and oxygen atoms in total. The molecule has 3 aromatic rings. The smallest absolute Gasteiger partial charge is 0.278 e. The zero-order chi connectivity index (χ0) is 20.2. The Hall–Kier alpha value is -3.49. The van der Waals surface area contributed by atoms with Gasteiger partial charge in [-0.3, -0.25) is 14.2 Å². The number of hydrogen-bond acceptors (Lipinski definition) is 7. The van der Waals surface area contributed by atoms with Gasteiger partial charge in [-0.2, -0.15) is 0 Å². The first-order valence-corrected chi connectivity index (χ1v) is 9.39. The number of hydrogen-bond donors (Lipinski definition) is 0. The lowest BCUT2D eigenvalue weighted by molar-refractivity contribution is -0.130. The van der Waals surface area contributed by atoms with Crippen LogP contribution in [0.3, 0.4) is 0 Å². The van der Waals surface area contributed by atoms with E-state index in [1.807, 2.05) is 6.07 Å². The van der Waals surface area contributed by atoms with Gasteiger partial charge in [-0.1, -0.05) is 12.1 Å². The number of ether oxygens (including phenoxy) is 2. The van der Waals surface area contributed by atoms with Crippen molar-refractivity contribution in [3.8, 4) is 11.8 Å². The van der Waals surface area contributed by atoms with Gasteiger partial charge in [-0.15, -0.1) is 0 Å². The number of fused-ring (bicyclic) bond motifs is 1. The van der Waals surface area contributed by atoms with E-state index in [4.69, 9.17) is 9.47 Å². The average Bonchev–Trinajstić information content (AvgIpc) is 3.22. The number of carbonyl (C=O) groups is 1. The van der Waals surface area contributed by atoms with E-state index in [-0.39, 0.29) is 30.5 Å². The van der Waals surface area contributed by atoms with Gasteiger partial charge in [0.25, 0.3) is 17.3 Å². The highest BCUT2D eigenvalue weighted by Gasteiger charge is 2.28. The van der Waals surface area contributed by atoms with Crippen molar-refractivity contribution in [3.05, 3.63) is 53.3 Å². The van der Waals surface area contributed by atoms with E-state index in [0.717, 1.165) is 0 Å². The maximum Gasteiger partial charge on any atom is 0.278 e. The summed E-state index contributed by atoms with van der Waals surface area (Å²) >= 11 is 0. The number of nitrogens with zero attached hydrogens (tertiary/aromatic N) is 5. The summed E-state index contributed by atoms with van der Waals surface area (Å²) in [4.78, 5) is 39.3. The second-order valence-corrected chi connectivity index (χ2v) is 6.75. The summed E-state index contributed by atoms with van der Waals surface area (Å²) in [5, 5.41) is 0.551. The minimum atomic E-state index is -0.172. The zero-order valence-electron chi connectivity index (χ0n) is 16.0. The average molecular weight is 395 g/mol. The van der Waals surface area contributed by atoms with Crippen LogP contribution in [0.2, 0.25) is 0 Å². The number of aromatic nitrogens is 4. The van der Waals surface area contributed by atoms with Crippen LogP contribution >= 0.6 is 0 Å². The molecule has 0 spiro atoms. The molecule has 0 N–H and O–H groups in total. The molecule has 1 aliphatic heterocycles. The van der Waals surface area contributed by atoms with Crippen LogP contribution < -0.4 is 15.0 Å². The van der Waals surface area contributed by atoms with Crippen molar-refractivity contribution >= 4 is 16.8 Å². The second kappa shape index (κ2) is 8.26. The molecule has 9 heteroatoms. The Labute approximate surface area is 166 Å². The standard InChI is InChI=1S/C20H21N5O4/c1-28-18-19(22-9-8-21-18)29-14-6-10-24(12-14)17(26)7-11-25-13-23-16-5-3-2-4-15(16)20(25)27/h2-5,8-9,13-14H,6-7,10-12H2,1H3.